The fraction of sp³-hybridized carbons (Fsp3) is 0.412. The van der Waals surface area contributed by atoms with Gasteiger partial charge >= 0.3 is 0 Å². The Balaban J connectivity index is 1.75. The van der Waals surface area contributed by atoms with Crippen LogP contribution in [0.5, 0.6) is 0 Å². The van der Waals surface area contributed by atoms with Crippen LogP contribution in [0.4, 0.5) is 0 Å². The second-order valence-corrected chi connectivity index (χ2v) is 6.14. The highest BCUT2D eigenvalue weighted by Gasteiger charge is 2.36. The van der Waals surface area contributed by atoms with Crippen molar-refractivity contribution in [3.8, 4) is 0 Å². The highest BCUT2D eigenvalue weighted by Crippen LogP contribution is 2.38. The Hall–Kier alpha value is -2.18. The maximum Gasteiger partial charge on any atom is 0.251 e. The minimum atomic E-state index is -0.278. The zero-order valence-electron chi connectivity index (χ0n) is 13.0. The molecule has 6 heteroatoms. The van der Waals surface area contributed by atoms with Crippen molar-refractivity contribution in [1.82, 2.24) is 15.1 Å². The Morgan fingerprint density at radius 3 is 2.61 bits per heavy atom. The summed E-state index contributed by atoms with van der Waals surface area (Å²) >= 11 is 0. The zero-order valence-corrected chi connectivity index (χ0v) is 13.0. The number of benzene rings is 1. The number of aliphatic hydroxyl groups is 2. The van der Waals surface area contributed by atoms with E-state index in [1.165, 1.54) is 0 Å². The van der Waals surface area contributed by atoms with E-state index in [4.69, 9.17) is 5.11 Å². The Morgan fingerprint density at radius 1 is 1.39 bits per heavy atom. The molecule has 1 amide bonds. The molecule has 0 unspecified atom stereocenters. The molecule has 1 aliphatic rings. The van der Waals surface area contributed by atoms with Gasteiger partial charge in [-0.15, -0.1) is 0 Å². The van der Waals surface area contributed by atoms with Crippen LogP contribution in [0.15, 0.2) is 36.7 Å². The summed E-state index contributed by atoms with van der Waals surface area (Å²) in [5.41, 5.74) is 2.27. The quantitative estimate of drug-likeness (QED) is 0.772. The van der Waals surface area contributed by atoms with Gasteiger partial charge in [-0.05, 0) is 36.5 Å². The van der Waals surface area contributed by atoms with E-state index in [2.05, 4.69) is 10.4 Å². The van der Waals surface area contributed by atoms with Crippen molar-refractivity contribution in [2.45, 2.75) is 31.6 Å². The molecule has 1 atom stereocenters. The van der Waals surface area contributed by atoms with Crippen LogP contribution in [0.1, 0.15) is 40.4 Å². The molecule has 122 valence electrons. The summed E-state index contributed by atoms with van der Waals surface area (Å²) in [7, 11) is 1.84. The fourth-order valence-electron chi connectivity index (χ4n) is 2.96. The molecule has 0 spiro atoms. The molecule has 6 nitrogen and oxygen atoms in total. The molecular weight excluding hydrogens is 294 g/mol. The van der Waals surface area contributed by atoms with E-state index in [0.717, 1.165) is 11.1 Å². The van der Waals surface area contributed by atoms with Crippen LogP contribution in [0.25, 0.3) is 0 Å². The lowest BCUT2D eigenvalue weighted by Gasteiger charge is -2.37. The van der Waals surface area contributed by atoms with Gasteiger partial charge in [0.05, 0.1) is 24.9 Å². The van der Waals surface area contributed by atoms with Crippen molar-refractivity contribution in [3.63, 3.8) is 0 Å². The normalized spacial score (nSPS) is 21.5. The van der Waals surface area contributed by atoms with Crippen LogP contribution in [0, 0.1) is 5.92 Å². The molecule has 3 N–H and O–H groups in total. The first-order chi connectivity index (χ1) is 11.1. The molecule has 1 aromatic carbocycles. The average molecular weight is 315 g/mol. The van der Waals surface area contributed by atoms with Crippen molar-refractivity contribution in [2.24, 2.45) is 13.0 Å². The van der Waals surface area contributed by atoms with Gasteiger partial charge in [-0.25, -0.2) is 0 Å². The first kappa shape index (κ1) is 15.7. The summed E-state index contributed by atoms with van der Waals surface area (Å²) in [5, 5.41) is 25.9. The molecule has 1 heterocycles. The number of nitrogens with zero attached hydrogens (tertiary/aromatic N) is 2. The number of hydrogen-bond donors (Lipinski definition) is 3. The van der Waals surface area contributed by atoms with Crippen molar-refractivity contribution in [1.29, 1.82) is 0 Å². The summed E-state index contributed by atoms with van der Waals surface area (Å²) < 4.78 is 1.71. The van der Waals surface area contributed by atoms with Crippen molar-refractivity contribution < 1.29 is 15.0 Å². The molecule has 0 aliphatic heterocycles. The van der Waals surface area contributed by atoms with Crippen LogP contribution in [-0.4, -0.2) is 32.0 Å². The van der Waals surface area contributed by atoms with Crippen LogP contribution < -0.4 is 5.32 Å². The summed E-state index contributed by atoms with van der Waals surface area (Å²) in [6, 6.07) is 6.73. The van der Waals surface area contributed by atoms with E-state index in [1.807, 2.05) is 13.2 Å². The van der Waals surface area contributed by atoms with Gasteiger partial charge in [-0.2, -0.15) is 5.10 Å². The van der Waals surface area contributed by atoms with Crippen molar-refractivity contribution in [2.75, 3.05) is 0 Å². The summed E-state index contributed by atoms with van der Waals surface area (Å²) in [5.74, 6) is 0.0552. The molecule has 23 heavy (non-hydrogen) atoms. The van der Waals surface area contributed by atoms with E-state index < -0.39 is 0 Å². The van der Waals surface area contributed by atoms with Gasteiger partial charge in [0.1, 0.15) is 0 Å². The van der Waals surface area contributed by atoms with Gasteiger partial charge in [0.25, 0.3) is 5.91 Å². The van der Waals surface area contributed by atoms with Crippen LogP contribution in [0.3, 0.4) is 0 Å². The SMILES string of the molecule is Cn1cc([C@@H](NC(=O)c2ccc(CO)cc2)C2CC(O)C2)cn1. The number of hydrogen-bond acceptors (Lipinski definition) is 4. The number of carbonyl (C=O) groups excluding carboxylic acids is 1. The minimum absolute atomic E-state index is 0.0415. The third-order valence-corrected chi connectivity index (χ3v) is 4.39. The first-order valence-electron chi connectivity index (χ1n) is 7.74. The van der Waals surface area contributed by atoms with E-state index >= 15 is 0 Å². The second kappa shape index (κ2) is 6.52. The molecule has 1 aromatic heterocycles. The highest BCUT2D eigenvalue weighted by molar-refractivity contribution is 5.94. The predicted molar refractivity (Wildman–Crippen MR) is 84.5 cm³/mol. The number of carbonyl (C=O) groups is 1. The molecule has 1 fully saturated rings. The van der Waals surface area contributed by atoms with E-state index in [-0.39, 0.29) is 30.6 Å². The molecular formula is C17H21N3O3. The van der Waals surface area contributed by atoms with Gasteiger partial charge < -0.3 is 15.5 Å². The van der Waals surface area contributed by atoms with Crippen molar-refractivity contribution >= 4 is 5.91 Å². The number of aryl methyl sites for hydroxylation is 1. The topological polar surface area (TPSA) is 87.4 Å². The van der Waals surface area contributed by atoms with Crippen LogP contribution in [0.2, 0.25) is 0 Å². The number of amides is 1. The van der Waals surface area contributed by atoms with E-state index in [1.54, 1.807) is 35.1 Å². The summed E-state index contributed by atoms with van der Waals surface area (Å²) in [6.07, 6.45) is 4.74. The zero-order chi connectivity index (χ0) is 16.4. The van der Waals surface area contributed by atoms with Crippen molar-refractivity contribution in [3.05, 3.63) is 53.3 Å². The van der Waals surface area contributed by atoms with E-state index in [9.17, 15) is 9.90 Å². The molecule has 0 saturated heterocycles. The van der Waals surface area contributed by atoms with Gasteiger partial charge in [-0.3, -0.25) is 9.48 Å². The van der Waals surface area contributed by atoms with Crippen LogP contribution in [-0.2, 0) is 13.7 Å². The van der Waals surface area contributed by atoms with Gasteiger partial charge in [0.15, 0.2) is 0 Å². The average Bonchev–Trinajstić information content (AvgIpc) is 2.96. The molecule has 2 aromatic rings. The molecule has 3 rings (SSSR count). The summed E-state index contributed by atoms with van der Waals surface area (Å²) in [6.45, 7) is -0.0415. The smallest absolute Gasteiger partial charge is 0.251 e. The lowest BCUT2D eigenvalue weighted by molar-refractivity contribution is 0.0235. The Kier molecular flexibility index (Phi) is 4.45. The lowest BCUT2D eigenvalue weighted by Crippen LogP contribution is -2.41. The molecule has 0 radical (unpaired) electrons. The third kappa shape index (κ3) is 3.43. The van der Waals surface area contributed by atoms with E-state index in [0.29, 0.717) is 18.4 Å². The van der Waals surface area contributed by atoms with Gasteiger partial charge in [0, 0.05) is 24.4 Å². The standard InChI is InChI=1S/C17H21N3O3/c1-20-9-14(8-18-20)16(13-6-15(22)7-13)19-17(23)12-4-2-11(10-21)3-5-12/h2-5,8-9,13,15-16,21-22H,6-7,10H2,1H3,(H,19,23)/t13?,15?,16-/m0/s1. The Morgan fingerprint density at radius 2 is 2.09 bits per heavy atom. The maximum absolute atomic E-state index is 12.5. The monoisotopic (exact) mass is 315 g/mol. The Labute approximate surface area is 134 Å². The highest BCUT2D eigenvalue weighted by atomic mass is 16.3. The second-order valence-electron chi connectivity index (χ2n) is 6.14. The number of nitrogens with one attached hydrogen (secondary N) is 1. The van der Waals surface area contributed by atoms with Crippen LogP contribution >= 0.6 is 0 Å². The van der Waals surface area contributed by atoms with Gasteiger partial charge in [-0.1, -0.05) is 12.1 Å². The lowest BCUT2D eigenvalue weighted by atomic mass is 9.75. The summed E-state index contributed by atoms with van der Waals surface area (Å²) in [4.78, 5) is 12.5. The fourth-order valence-corrected chi connectivity index (χ4v) is 2.96. The number of aliphatic hydroxyl groups excluding tert-OH is 2. The predicted octanol–water partition coefficient (Wildman–Crippen LogP) is 1.15. The number of aromatic nitrogens is 2. The third-order valence-electron chi connectivity index (χ3n) is 4.39. The Bertz CT molecular complexity index is 675. The molecule has 1 saturated carbocycles. The number of rotatable bonds is 5. The first-order valence-corrected chi connectivity index (χ1v) is 7.74. The van der Waals surface area contributed by atoms with Gasteiger partial charge in [0.2, 0.25) is 0 Å². The molecule has 0 bridgehead atoms. The minimum Gasteiger partial charge on any atom is -0.393 e. The maximum atomic E-state index is 12.5. The molecule has 1 aliphatic carbocycles. The largest absolute Gasteiger partial charge is 0.393 e.